The molecule has 0 radical (unpaired) electrons. The van der Waals surface area contributed by atoms with Gasteiger partial charge < -0.3 is 10.1 Å². The highest BCUT2D eigenvalue weighted by atomic mass is 35.5. The van der Waals surface area contributed by atoms with E-state index >= 15 is 0 Å². The Balaban J connectivity index is 1.59. The third kappa shape index (κ3) is 6.30. The van der Waals surface area contributed by atoms with Crippen molar-refractivity contribution in [2.75, 3.05) is 46.4 Å². The minimum Gasteiger partial charge on any atom is -0.463 e. The number of nitrogens with one attached hydrogen (secondary N) is 1. The molecule has 1 fully saturated rings. The van der Waals surface area contributed by atoms with Crippen molar-refractivity contribution in [1.82, 2.24) is 19.4 Å². The highest BCUT2D eigenvalue weighted by Crippen LogP contribution is 2.32. The molecule has 2 aliphatic rings. The molecule has 1 saturated heterocycles. The predicted octanol–water partition coefficient (Wildman–Crippen LogP) is 3.98. The van der Waals surface area contributed by atoms with Gasteiger partial charge in [0, 0.05) is 50.5 Å². The fourth-order valence-electron chi connectivity index (χ4n) is 4.82. The van der Waals surface area contributed by atoms with Gasteiger partial charge in [-0.25, -0.2) is 18.0 Å². The molecule has 9 nitrogen and oxygen atoms in total. The fourth-order valence-corrected chi connectivity index (χ4v) is 6.37. The van der Waals surface area contributed by atoms with E-state index in [1.54, 1.807) is 26.1 Å². The number of nitrogens with zero attached hydrogens (tertiary/aromatic N) is 3. The number of carbonyl (C=O) groups is 2. The molecule has 39 heavy (non-hydrogen) atoms. The van der Waals surface area contributed by atoms with Crippen molar-refractivity contribution in [3.05, 3.63) is 76.0 Å². The van der Waals surface area contributed by atoms with Crippen molar-refractivity contribution < 1.29 is 22.7 Å². The van der Waals surface area contributed by atoms with Crippen LogP contribution in [-0.2, 0) is 19.6 Å². The highest BCUT2D eigenvalue weighted by Gasteiger charge is 2.38. The summed E-state index contributed by atoms with van der Waals surface area (Å²) in [5.41, 5.74) is 2.88. The zero-order valence-electron chi connectivity index (χ0n) is 22.7. The van der Waals surface area contributed by atoms with Crippen molar-refractivity contribution in [2.45, 2.75) is 37.6 Å². The molecule has 2 aromatic rings. The van der Waals surface area contributed by atoms with E-state index in [2.05, 4.69) is 24.1 Å². The lowest BCUT2D eigenvalue weighted by atomic mass is 9.92. The normalized spacial score (nSPS) is 19.4. The Hall–Kier alpha value is -2.92. The van der Waals surface area contributed by atoms with Crippen LogP contribution < -0.4 is 5.32 Å². The second-order valence-electron chi connectivity index (χ2n) is 9.98. The lowest BCUT2D eigenvalue weighted by Crippen LogP contribution is -2.53. The molecule has 0 spiro atoms. The molecule has 0 saturated carbocycles. The van der Waals surface area contributed by atoms with Gasteiger partial charge in [-0.15, -0.1) is 0 Å². The number of urea groups is 1. The van der Waals surface area contributed by atoms with Gasteiger partial charge in [-0.3, -0.25) is 9.80 Å². The van der Waals surface area contributed by atoms with Gasteiger partial charge in [0.25, 0.3) is 0 Å². The average molecular weight is 575 g/mol. The standard InChI is InChI=1S/C28H35ClN4O5S/c1-5-38-27(34)25-24(31(4)28(35)30-26(25)21-8-6-20(7-9-21)19(2)3)18-32-14-16-33(17-15-32)39(36,37)23-12-10-22(29)11-13-23/h6-13,19,26H,5,14-18H2,1-4H3,(H,30,35). The first-order chi connectivity index (χ1) is 18.5. The molecule has 1 N–H and O–H groups in total. The second-order valence-corrected chi connectivity index (χ2v) is 12.4. The number of sulfonamides is 1. The van der Waals surface area contributed by atoms with Crippen LogP contribution in [0.3, 0.4) is 0 Å². The first kappa shape index (κ1) is 29.1. The molecule has 2 amide bonds. The van der Waals surface area contributed by atoms with E-state index in [1.807, 2.05) is 24.3 Å². The van der Waals surface area contributed by atoms with Crippen LogP contribution >= 0.6 is 11.6 Å². The van der Waals surface area contributed by atoms with Gasteiger partial charge in [-0.1, -0.05) is 49.7 Å². The van der Waals surface area contributed by atoms with Crippen LogP contribution in [0.1, 0.15) is 43.9 Å². The fraction of sp³-hybridized carbons (Fsp3) is 0.429. The van der Waals surface area contributed by atoms with E-state index in [-0.39, 0.29) is 30.6 Å². The summed E-state index contributed by atoms with van der Waals surface area (Å²) in [6, 6.07) is 13.0. The lowest BCUT2D eigenvalue weighted by molar-refractivity contribution is -0.139. The van der Waals surface area contributed by atoms with E-state index in [0.29, 0.717) is 41.8 Å². The van der Waals surface area contributed by atoms with E-state index < -0.39 is 22.0 Å². The number of esters is 1. The Kier molecular flexibility index (Phi) is 9.00. The number of hydrogen-bond donors (Lipinski definition) is 1. The van der Waals surface area contributed by atoms with Crippen molar-refractivity contribution in [2.24, 2.45) is 0 Å². The lowest BCUT2D eigenvalue weighted by Gasteiger charge is -2.39. The Morgan fingerprint density at radius 2 is 1.67 bits per heavy atom. The smallest absolute Gasteiger partial charge is 0.338 e. The van der Waals surface area contributed by atoms with Crippen LogP contribution in [0.5, 0.6) is 0 Å². The van der Waals surface area contributed by atoms with Crippen molar-refractivity contribution >= 4 is 33.6 Å². The van der Waals surface area contributed by atoms with Gasteiger partial charge in [0.2, 0.25) is 10.0 Å². The van der Waals surface area contributed by atoms with Crippen LogP contribution in [0.2, 0.25) is 5.02 Å². The maximum Gasteiger partial charge on any atom is 0.338 e. The molecule has 0 aliphatic carbocycles. The molecule has 210 valence electrons. The minimum atomic E-state index is -3.65. The minimum absolute atomic E-state index is 0.197. The number of likely N-dealkylation sites (N-methyl/N-ethyl adjacent to an activating group) is 1. The van der Waals surface area contributed by atoms with E-state index in [1.165, 1.54) is 21.3 Å². The first-order valence-electron chi connectivity index (χ1n) is 13.0. The summed E-state index contributed by atoms with van der Waals surface area (Å²) in [5, 5.41) is 3.42. The summed E-state index contributed by atoms with van der Waals surface area (Å²) in [5.74, 6) is -0.134. The molecule has 2 heterocycles. The molecule has 2 aliphatic heterocycles. The van der Waals surface area contributed by atoms with Gasteiger partial charge in [0.1, 0.15) is 0 Å². The number of ether oxygens (including phenoxy) is 1. The summed E-state index contributed by atoms with van der Waals surface area (Å²) >= 11 is 5.92. The maximum atomic E-state index is 13.3. The predicted molar refractivity (Wildman–Crippen MR) is 150 cm³/mol. The van der Waals surface area contributed by atoms with E-state index in [9.17, 15) is 18.0 Å². The number of carbonyl (C=O) groups excluding carboxylic acids is 2. The van der Waals surface area contributed by atoms with Crippen LogP contribution in [-0.4, -0.2) is 80.9 Å². The zero-order chi connectivity index (χ0) is 28.3. The zero-order valence-corrected chi connectivity index (χ0v) is 24.3. The molecule has 4 rings (SSSR count). The Morgan fingerprint density at radius 3 is 2.23 bits per heavy atom. The van der Waals surface area contributed by atoms with E-state index in [0.717, 1.165) is 11.1 Å². The van der Waals surface area contributed by atoms with Crippen LogP contribution in [0.15, 0.2) is 64.7 Å². The molecule has 2 aromatic carbocycles. The third-order valence-corrected chi connectivity index (χ3v) is 9.33. The molecular formula is C28H35ClN4O5S. The van der Waals surface area contributed by atoms with Crippen LogP contribution in [0.4, 0.5) is 4.79 Å². The average Bonchev–Trinajstić information content (AvgIpc) is 2.92. The number of rotatable bonds is 8. The summed E-state index contributed by atoms with van der Waals surface area (Å²) in [6.07, 6.45) is 0. The molecule has 1 atom stereocenters. The Bertz CT molecular complexity index is 1340. The van der Waals surface area contributed by atoms with Gasteiger partial charge in [-0.2, -0.15) is 4.31 Å². The Labute approximate surface area is 235 Å². The molecule has 0 bridgehead atoms. The topological polar surface area (TPSA) is 99.3 Å². The number of benzene rings is 2. The molecule has 1 unspecified atom stereocenters. The van der Waals surface area contributed by atoms with Gasteiger partial charge in [0.15, 0.2) is 0 Å². The molecule has 11 heteroatoms. The van der Waals surface area contributed by atoms with Crippen molar-refractivity contribution in [3.63, 3.8) is 0 Å². The van der Waals surface area contributed by atoms with Gasteiger partial charge >= 0.3 is 12.0 Å². The van der Waals surface area contributed by atoms with Crippen molar-refractivity contribution in [1.29, 1.82) is 0 Å². The third-order valence-electron chi connectivity index (χ3n) is 7.16. The number of halogens is 1. The number of amides is 2. The SMILES string of the molecule is CCOC(=O)C1=C(CN2CCN(S(=O)(=O)c3ccc(Cl)cc3)CC2)N(C)C(=O)NC1c1ccc(C(C)C)cc1. The largest absolute Gasteiger partial charge is 0.463 e. The second kappa shape index (κ2) is 12.1. The van der Waals surface area contributed by atoms with Crippen LogP contribution in [0, 0.1) is 0 Å². The first-order valence-corrected chi connectivity index (χ1v) is 14.9. The maximum absolute atomic E-state index is 13.3. The summed E-state index contributed by atoms with van der Waals surface area (Å²) in [6.45, 7) is 7.90. The summed E-state index contributed by atoms with van der Waals surface area (Å²) in [4.78, 5) is 30.0. The van der Waals surface area contributed by atoms with Crippen molar-refractivity contribution in [3.8, 4) is 0 Å². The number of hydrogen-bond acceptors (Lipinski definition) is 6. The van der Waals surface area contributed by atoms with Gasteiger partial charge in [0.05, 0.1) is 23.1 Å². The van der Waals surface area contributed by atoms with Crippen LogP contribution in [0.25, 0.3) is 0 Å². The van der Waals surface area contributed by atoms with E-state index in [4.69, 9.17) is 16.3 Å². The number of piperazine rings is 1. The highest BCUT2D eigenvalue weighted by molar-refractivity contribution is 7.89. The van der Waals surface area contributed by atoms with Gasteiger partial charge in [-0.05, 0) is 48.2 Å². The quantitative estimate of drug-likeness (QED) is 0.479. The Morgan fingerprint density at radius 1 is 1.05 bits per heavy atom. The monoisotopic (exact) mass is 574 g/mol. The summed E-state index contributed by atoms with van der Waals surface area (Å²) in [7, 11) is -2.03. The molecular weight excluding hydrogens is 540 g/mol. The molecule has 0 aromatic heterocycles. The summed E-state index contributed by atoms with van der Waals surface area (Å²) < 4.78 is 33.1.